The highest BCUT2D eigenvalue weighted by molar-refractivity contribution is 4.85. The molecule has 2 aliphatic heterocycles. The monoisotopic (exact) mass is 250 g/mol. The van der Waals surface area contributed by atoms with Crippen molar-refractivity contribution in [1.29, 1.82) is 0 Å². The van der Waals surface area contributed by atoms with Crippen LogP contribution in [0, 0.1) is 0 Å². The minimum absolute atomic E-state index is 0.921. The molecule has 18 heavy (non-hydrogen) atoms. The molecule has 2 heterocycles. The summed E-state index contributed by atoms with van der Waals surface area (Å²) in [5.74, 6) is 0. The smallest absolute Gasteiger partial charge is 0.0120 e. The summed E-state index contributed by atoms with van der Waals surface area (Å²) < 4.78 is 0. The lowest BCUT2D eigenvalue weighted by Gasteiger charge is -2.43. The van der Waals surface area contributed by atoms with Gasteiger partial charge in [0.15, 0.2) is 0 Å². The summed E-state index contributed by atoms with van der Waals surface area (Å²) in [4.78, 5) is 5.61. The first-order valence-electron chi connectivity index (χ1n) is 8.41. The maximum atomic E-state index is 2.82. The standard InChI is InChI=1S/C16H30N2/c1-3-7-15(8-4-1)18-13-9-16(10-14-18)17-11-5-2-6-12-17/h15-16H,1-14H2. The Morgan fingerprint density at radius 3 is 1.61 bits per heavy atom. The Morgan fingerprint density at radius 2 is 0.944 bits per heavy atom. The quantitative estimate of drug-likeness (QED) is 0.742. The van der Waals surface area contributed by atoms with E-state index in [0.717, 1.165) is 12.1 Å². The first kappa shape index (κ1) is 12.9. The molecule has 0 N–H and O–H groups in total. The molecule has 0 bridgehead atoms. The lowest BCUT2D eigenvalue weighted by Crippen LogP contribution is -2.49. The van der Waals surface area contributed by atoms with Crippen molar-refractivity contribution in [2.75, 3.05) is 26.2 Å². The Labute approximate surface area is 113 Å². The molecule has 3 rings (SSSR count). The molecule has 0 aromatic heterocycles. The van der Waals surface area contributed by atoms with Crippen LogP contribution in [0.3, 0.4) is 0 Å². The Bertz CT molecular complexity index is 207. The average molecular weight is 250 g/mol. The molecule has 2 nitrogen and oxygen atoms in total. The van der Waals surface area contributed by atoms with Crippen molar-refractivity contribution in [2.24, 2.45) is 0 Å². The minimum Gasteiger partial charge on any atom is -0.300 e. The van der Waals surface area contributed by atoms with Crippen LogP contribution in [0.2, 0.25) is 0 Å². The van der Waals surface area contributed by atoms with E-state index in [9.17, 15) is 0 Å². The molecular weight excluding hydrogens is 220 g/mol. The van der Waals surface area contributed by atoms with Crippen LogP contribution < -0.4 is 0 Å². The zero-order valence-corrected chi connectivity index (χ0v) is 11.9. The molecule has 0 spiro atoms. The fraction of sp³-hybridized carbons (Fsp3) is 1.00. The molecular formula is C16H30N2. The van der Waals surface area contributed by atoms with Gasteiger partial charge < -0.3 is 9.80 Å². The second-order valence-electron chi connectivity index (χ2n) is 6.66. The first-order chi connectivity index (χ1) is 8.93. The summed E-state index contributed by atoms with van der Waals surface area (Å²) in [6.07, 6.45) is 14.7. The first-order valence-corrected chi connectivity index (χ1v) is 8.41. The van der Waals surface area contributed by atoms with Gasteiger partial charge in [-0.2, -0.15) is 0 Å². The Kier molecular flexibility index (Phi) is 4.58. The molecule has 0 aromatic carbocycles. The van der Waals surface area contributed by atoms with Gasteiger partial charge in [-0.1, -0.05) is 25.7 Å². The van der Waals surface area contributed by atoms with Gasteiger partial charge in [-0.05, 0) is 64.7 Å². The van der Waals surface area contributed by atoms with Gasteiger partial charge in [0.2, 0.25) is 0 Å². The molecule has 0 radical (unpaired) electrons. The van der Waals surface area contributed by atoms with Crippen molar-refractivity contribution in [3.63, 3.8) is 0 Å². The number of hydrogen-bond donors (Lipinski definition) is 0. The normalized spacial score (nSPS) is 30.7. The van der Waals surface area contributed by atoms with Gasteiger partial charge in [0.05, 0.1) is 0 Å². The number of likely N-dealkylation sites (tertiary alicyclic amines) is 2. The molecule has 104 valence electrons. The van der Waals surface area contributed by atoms with E-state index in [1.807, 2.05) is 0 Å². The summed E-state index contributed by atoms with van der Waals surface area (Å²) >= 11 is 0. The highest BCUT2D eigenvalue weighted by Crippen LogP contribution is 2.27. The molecule has 2 heteroatoms. The van der Waals surface area contributed by atoms with Crippen LogP contribution in [0.25, 0.3) is 0 Å². The van der Waals surface area contributed by atoms with Gasteiger partial charge in [0, 0.05) is 12.1 Å². The predicted octanol–water partition coefficient (Wildman–Crippen LogP) is 3.27. The summed E-state index contributed by atoms with van der Waals surface area (Å²) in [7, 11) is 0. The molecule has 1 aliphatic carbocycles. The largest absolute Gasteiger partial charge is 0.300 e. The molecule has 2 saturated heterocycles. The highest BCUT2D eigenvalue weighted by atomic mass is 15.2. The third kappa shape index (κ3) is 3.08. The van der Waals surface area contributed by atoms with E-state index in [2.05, 4.69) is 9.80 Å². The number of nitrogens with zero attached hydrogens (tertiary/aromatic N) is 2. The topological polar surface area (TPSA) is 6.48 Å². The molecule has 0 unspecified atom stereocenters. The number of hydrogen-bond acceptors (Lipinski definition) is 2. The maximum Gasteiger partial charge on any atom is 0.0120 e. The van der Waals surface area contributed by atoms with Crippen LogP contribution in [-0.4, -0.2) is 48.1 Å². The second kappa shape index (κ2) is 6.38. The van der Waals surface area contributed by atoms with E-state index in [1.165, 1.54) is 90.4 Å². The molecule has 0 atom stereocenters. The van der Waals surface area contributed by atoms with Gasteiger partial charge in [-0.25, -0.2) is 0 Å². The Balaban J connectivity index is 1.45. The van der Waals surface area contributed by atoms with E-state index in [1.54, 1.807) is 0 Å². The van der Waals surface area contributed by atoms with Crippen molar-refractivity contribution in [3.8, 4) is 0 Å². The second-order valence-corrected chi connectivity index (χ2v) is 6.66. The van der Waals surface area contributed by atoms with Crippen LogP contribution in [0.5, 0.6) is 0 Å². The minimum atomic E-state index is 0.921. The number of rotatable bonds is 2. The summed E-state index contributed by atoms with van der Waals surface area (Å²) in [6.45, 7) is 5.53. The van der Waals surface area contributed by atoms with Gasteiger partial charge in [-0.3, -0.25) is 0 Å². The predicted molar refractivity (Wildman–Crippen MR) is 76.9 cm³/mol. The van der Waals surface area contributed by atoms with Crippen molar-refractivity contribution < 1.29 is 0 Å². The molecule has 3 fully saturated rings. The third-order valence-corrected chi connectivity index (χ3v) is 5.50. The molecule has 3 aliphatic rings. The van der Waals surface area contributed by atoms with Crippen LogP contribution in [0.15, 0.2) is 0 Å². The number of piperidine rings is 2. The summed E-state index contributed by atoms with van der Waals surface area (Å²) in [6, 6.07) is 1.87. The van der Waals surface area contributed by atoms with Crippen molar-refractivity contribution >= 4 is 0 Å². The molecule has 0 amide bonds. The zero-order chi connectivity index (χ0) is 12.2. The van der Waals surface area contributed by atoms with Crippen molar-refractivity contribution in [1.82, 2.24) is 9.80 Å². The summed E-state index contributed by atoms with van der Waals surface area (Å²) in [5.41, 5.74) is 0. The van der Waals surface area contributed by atoms with Gasteiger partial charge in [0.1, 0.15) is 0 Å². The van der Waals surface area contributed by atoms with Crippen molar-refractivity contribution in [3.05, 3.63) is 0 Å². The van der Waals surface area contributed by atoms with E-state index in [4.69, 9.17) is 0 Å². The molecule has 1 saturated carbocycles. The van der Waals surface area contributed by atoms with E-state index < -0.39 is 0 Å². The maximum absolute atomic E-state index is 2.82. The average Bonchev–Trinajstić information content (AvgIpc) is 2.49. The van der Waals surface area contributed by atoms with E-state index in [-0.39, 0.29) is 0 Å². The highest BCUT2D eigenvalue weighted by Gasteiger charge is 2.29. The van der Waals surface area contributed by atoms with Crippen molar-refractivity contribution in [2.45, 2.75) is 76.3 Å². The Hall–Kier alpha value is -0.0800. The van der Waals surface area contributed by atoms with E-state index in [0.29, 0.717) is 0 Å². The zero-order valence-electron chi connectivity index (χ0n) is 11.9. The Morgan fingerprint density at radius 1 is 0.444 bits per heavy atom. The van der Waals surface area contributed by atoms with Crippen LogP contribution >= 0.6 is 0 Å². The van der Waals surface area contributed by atoms with Gasteiger partial charge in [0.25, 0.3) is 0 Å². The lowest BCUT2D eigenvalue weighted by molar-refractivity contribution is 0.0616. The van der Waals surface area contributed by atoms with Crippen LogP contribution in [0.1, 0.15) is 64.2 Å². The molecule has 0 aromatic rings. The van der Waals surface area contributed by atoms with Crippen LogP contribution in [0.4, 0.5) is 0 Å². The van der Waals surface area contributed by atoms with Gasteiger partial charge >= 0.3 is 0 Å². The summed E-state index contributed by atoms with van der Waals surface area (Å²) in [5, 5.41) is 0. The third-order valence-electron chi connectivity index (χ3n) is 5.50. The fourth-order valence-electron chi connectivity index (χ4n) is 4.35. The van der Waals surface area contributed by atoms with Gasteiger partial charge in [-0.15, -0.1) is 0 Å². The van der Waals surface area contributed by atoms with Crippen LogP contribution in [-0.2, 0) is 0 Å². The lowest BCUT2D eigenvalue weighted by atomic mass is 9.91. The van der Waals surface area contributed by atoms with E-state index >= 15 is 0 Å². The fourth-order valence-corrected chi connectivity index (χ4v) is 4.35. The SMILES string of the molecule is C1CCC(N2CCC(N3CCCCC3)CC2)CC1.